The molecule has 0 spiro atoms. The molecule has 0 radical (unpaired) electrons. The minimum atomic E-state index is 1.07. The van der Waals surface area contributed by atoms with Gasteiger partial charge in [-0.15, -0.1) is 0 Å². The third-order valence-electron chi connectivity index (χ3n) is 8.88. The molecule has 0 aliphatic carbocycles. The molecule has 5 aromatic carbocycles. The molecule has 9 rings (SSSR count). The van der Waals surface area contributed by atoms with Gasteiger partial charge in [-0.2, -0.15) is 0 Å². The van der Waals surface area contributed by atoms with Gasteiger partial charge >= 0.3 is 0 Å². The molecule has 1 aliphatic rings. The van der Waals surface area contributed by atoms with Gasteiger partial charge in [-0.25, -0.2) is 0 Å². The summed E-state index contributed by atoms with van der Waals surface area (Å²) in [6.45, 7) is 0. The standard InChI is InChI=1S/C42H28N4/c1-2-13-34(14-3-1)45-38-16-6-4-10-29(38)18-19-37-40(45)20-21-41-42(37)36-15-5-7-17-39(36)46(41)35-25-32(30-11-8-22-43-27-30)24-33(26-35)31-12-9-23-44-28-31/h1-28H. The summed E-state index contributed by atoms with van der Waals surface area (Å²) in [6.07, 6.45) is 12.0. The van der Waals surface area contributed by atoms with E-state index in [-0.39, 0.29) is 0 Å². The zero-order chi connectivity index (χ0) is 30.5. The molecule has 0 unspecified atom stereocenters. The first-order valence-corrected chi connectivity index (χ1v) is 15.5. The fourth-order valence-corrected chi connectivity index (χ4v) is 6.85. The van der Waals surface area contributed by atoms with E-state index in [4.69, 9.17) is 0 Å². The first-order valence-electron chi connectivity index (χ1n) is 15.5. The lowest BCUT2D eigenvalue weighted by Gasteiger charge is -2.27. The smallest absolute Gasteiger partial charge is 0.0548 e. The monoisotopic (exact) mass is 588 g/mol. The highest BCUT2D eigenvalue weighted by Gasteiger charge is 2.24. The van der Waals surface area contributed by atoms with Crippen LogP contribution in [-0.4, -0.2) is 14.5 Å². The van der Waals surface area contributed by atoms with E-state index in [0.717, 1.165) is 56.0 Å². The topological polar surface area (TPSA) is 34.0 Å². The summed E-state index contributed by atoms with van der Waals surface area (Å²) in [5.74, 6) is 0. The number of anilines is 3. The van der Waals surface area contributed by atoms with Crippen molar-refractivity contribution in [2.75, 3.05) is 4.90 Å². The molecule has 0 atom stereocenters. The van der Waals surface area contributed by atoms with Gasteiger partial charge in [0.05, 0.1) is 22.4 Å². The lowest BCUT2D eigenvalue weighted by molar-refractivity contribution is 1.18. The molecular weight excluding hydrogens is 560 g/mol. The number of hydrogen-bond acceptors (Lipinski definition) is 3. The lowest BCUT2D eigenvalue weighted by atomic mass is 9.99. The molecule has 8 aromatic rings. The van der Waals surface area contributed by atoms with E-state index in [9.17, 15) is 0 Å². The summed E-state index contributed by atoms with van der Waals surface area (Å²) in [7, 11) is 0. The Morgan fingerprint density at radius 1 is 0.457 bits per heavy atom. The van der Waals surface area contributed by atoms with Crippen LogP contribution >= 0.6 is 0 Å². The third kappa shape index (κ3) is 4.23. The SMILES string of the molecule is C1=Cc2c(ccc3c2c2ccccc2n3-c2cc(-c3cccnc3)cc(-c3cccnc3)c2)N(c2ccccc2)c2ccccc21. The highest BCUT2D eigenvalue weighted by Crippen LogP contribution is 2.47. The summed E-state index contributed by atoms with van der Waals surface area (Å²) >= 11 is 0. The fourth-order valence-electron chi connectivity index (χ4n) is 6.85. The lowest BCUT2D eigenvalue weighted by Crippen LogP contribution is -2.11. The maximum absolute atomic E-state index is 4.43. The van der Waals surface area contributed by atoms with Crippen molar-refractivity contribution in [1.29, 1.82) is 0 Å². The molecule has 4 nitrogen and oxygen atoms in total. The molecule has 3 aromatic heterocycles. The number of para-hydroxylation sites is 3. The fraction of sp³-hybridized carbons (Fsp3) is 0. The minimum absolute atomic E-state index is 1.07. The van der Waals surface area contributed by atoms with Crippen LogP contribution in [0.1, 0.15) is 11.1 Å². The Morgan fingerprint density at radius 3 is 1.89 bits per heavy atom. The van der Waals surface area contributed by atoms with Crippen LogP contribution < -0.4 is 4.90 Å². The quantitative estimate of drug-likeness (QED) is 0.205. The van der Waals surface area contributed by atoms with Crippen molar-refractivity contribution in [1.82, 2.24) is 14.5 Å². The Hall–Kier alpha value is -6.26. The maximum atomic E-state index is 4.43. The van der Waals surface area contributed by atoms with E-state index in [1.165, 1.54) is 21.9 Å². The predicted octanol–water partition coefficient (Wildman–Crippen LogP) is 10.9. The van der Waals surface area contributed by atoms with Crippen molar-refractivity contribution >= 4 is 51.0 Å². The van der Waals surface area contributed by atoms with Crippen molar-refractivity contribution in [2.45, 2.75) is 0 Å². The van der Waals surface area contributed by atoms with E-state index in [2.05, 4.69) is 153 Å². The Labute approximate surface area is 267 Å². The van der Waals surface area contributed by atoms with Gasteiger partial charge in [-0.1, -0.05) is 78.9 Å². The molecule has 0 saturated carbocycles. The average Bonchev–Trinajstić information content (AvgIpc) is 3.37. The van der Waals surface area contributed by atoms with Crippen LogP contribution in [0.15, 0.2) is 158 Å². The van der Waals surface area contributed by atoms with Gasteiger partial charge in [0, 0.05) is 63.6 Å². The van der Waals surface area contributed by atoms with Gasteiger partial charge in [0.2, 0.25) is 0 Å². The number of pyridine rings is 2. The van der Waals surface area contributed by atoms with Crippen molar-refractivity contribution in [3.05, 3.63) is 169 Å². The molecule has 4 heteroatoms. The maximum Gasteiger partial charge on any atom is 0.0548 e. The molecule has 0 amide bonds. The zero-order valence-electron chi connectivity index (χ0n) is 25.0. The third-order valence-corrected chi connectivity index (χ3v) is 8.88. The Morgan fingerprint density at radius 2 is 1.15 bits per heavy atom. The van der Waals surface area contributed by atoms with E-state index in [0.29, 0.717) is 0 Å². The predicted molar refractivity (Wildman–Crippen MR) is 191 cm³/mol. The Kier molecular flexibility index (Phi) is 6.10. The van der Waals surface area contributed by atoms with E-state index in [1.54, 1.807) is 0 Å². The summed E-state index contributed by atoms with van der Waals surface area (Å²) in [5.41, 5.74) is 13.6. The zero-order valence-corrected chi connectivity index (χ0v) is 25.0. The average molecular weight is 589 g/mol. The summed E-state index contributed by atoms with van der Waals surface area (Å²) in [5, 5.41) is 2.44. The van der Waals surface area contributed by atoms with Crippen LogP contribution in [0.5, 0.6) is 0 Å². The molecule has 1 aliphatic heterocycles. The Balaban J connectivity index is 1.35. The number of hydrogen-bond donors (Lipinski definition) is 0. The highest BCUT2D eigenvalue weighted by atomic mass is 15.1. The molecule has 0 N–H and O–H groups in total. The molecule has 4 heterocycles. The molecule has 0 fully saturated rings. The first kappa shape index (κ1) is 26.2. The van der Waals surface area contributed by atoms with E-state index < -0.39 is 0 Å². The van der Waals surface area contributed by atoms with Gasteiger partial charge in [0.25, 0.3) is 0 Å². The number of nitrogens with zero attached hydrogens (tertiary/aromatic N) is 4. The summed E-state index contributed by atoms with van der Waals surface area (Å²) < 4.78 is 2.41. The van der Waals surface area contributed by atoms with Crippen LogP contribution in [0.3, 0.4) is 0 Å². The van der Waals surface area contributed by atoms with E-state index >= 15 is 0 Å². The summed E-state index contributed by atoms with van der Waals surface area (Å²) in [6, 6.07) is 47.6. The van der Waals surface area contributed by atoms with Crippen LogP contribution in [0, 0.1) is 0 Å². The van der Waals surface area contributed by atoms with Gasteiger partial charge in [-0.05, 0) is 83.4 Å². The highest BCUT2D eigenvalue weighted by molar-refractivity contribution is 6.16. The van der Waals surface area contributed by atoms with Crippen LogP contribution in [0.4, 0.5) is 17.1 Å². The number of aromatic nitrogens is 3. The minimum Gasteiger partial charge on any atom is -0.309 e. The van der Waals surface area contributed by atoms with Crippen molar-refractivity contribution in [3.8, 4) is 27.9 Å². The second kappa shape index (κ2) is 10.7. The molecule has 0 bridgehead atoms. The van der Waals surface area contributed by atoms with Crippen LogP contribution in [0.2, 0.25) is 0 Å². The second-order valence-electron chi connectivity index (χ2n) is 11.6. The second-order valence-corrected chi connectivity index (χ2v) is 11.6. The number of rotatable bonds is 4. The number of fused-ring (bicyclic) bond motifs is 6. The van der Waals surface area contributed by atoms with E-state index in [1.807, 2.05) is 36.9 Å². The van der Waals surface area contributed by atoms with Crippen molar-refractivity contribution < 1.29 is 0 Å². The Bertz CT molecular complexity index is 2350. The molecule has 0 saturated heterocycles. The van der Waals surface area contributed by atoms with Gasteiger partial charge in [-0.3, -0.25) is 9.97 Å². The first-order chi connectivity index (χ1) is 22.8. The van der Waals surface area contributed by atoms with Crippen LogP contribution in [0.25, 0.3) is 61.9 Å². The van der Waals surface area contributed by atoms with Gasteiger partial charge in [0.15, 0.2) is 0 Å². The van der Waals surface area contributed by atoms with Gasteiger partial charge in [0.1, 0.15) is 0 Å². The van der Waals surface area contributed by atoms with Crippen LogP contribution in [-0.2, 0) is 0 Å². The van der Waals surface area contributed by atoms with Crippen molar-refractivity contribution in [2.24, 2.45) is 0 Å². The summed E-state index contributed by atoms with van der Waals surface area (Å²) in [4.78, 5) is 11.2. The molecule has 46 heavy (non-hydrogen) atoms. The normalized spacial score (nSPS) is 12.2. The van der Waals surface area contributed by atoms with Crippen molar-refractivity contribution in [3.63, 3.8) is 0 Å². The van der Waals surface area contributed by atoms with Gasteiger partial charge < -0.3 is 9.47 Å². The largest absolute Gasteiger partial charge is 0.309 e. The molecular formula is C42H28N4. The molecule has 216 valence electrons. The number of benzene rings is 5.